The Balaban J connectivity index is 1.84. The van der Waals surface area contributed by atoms with E-state index in [0.29, 0.717) is 27.7 Å². The zero-order valence-electron chi connectivity index (χ0n) is 15.2. The molecular formula is C20H16ClN5O2. The average molecular weight is 394 g/mol. The highest BCUT2D eigenvalue weighted by Crippen LogP contribution is 2.32. The predicted molar refractivity (Wildman–Crippen MR) is 107 cm³/mol. The largest absolute Gasteiger partial charge is 0.495 e. The number of nitrogens with one attached hydrogen (secondary N) is 2. The van der Waals surface area contributed by atoms with E-state index in [1.807, 2.05) is 13.0 Å². The number of ether oxygens (including phenoxy) is 1. The number of rotatable bonds is 5. The number of para-hydroxylation sites is 1. The normalized spacial score (nSPS) is 10.1. The predicted octanol–water partition coefficient (Wildman–Crippen LogP) is 4.31. The van der Waals surface area contributed by atoms with Gasteiger partial charge in [-0.15, -0.1) is 0 Å². The van der Waals surface area contributed by atoms with Crippen LogP contribution in [0.5, 0.6) is 5.75 Å². The Morgan fingerprint density at radius 3 is 2.75 bits per heavy atom. The van der Waals surface area contributed by atoms with Crippen molar-refractivity contribution in [1.82, 2.24) is 9.97 Å². The number of benzene rings is 2. The van der Waals surface area contributed by atoms with Gasteiger partial charge in [-0.2, -0.15) is 5.26 Å². The molecule has 3 rings (SSSR count). The smallest absolute Gasteiger partial charge is 0.274 e. The van der Waals surface area contributed by atoms with Crippen molar-refractivity contribution >= 4 is 34.8 Å². The van der Waals surface area contributed by atoms with Crippen LogP contribution >= 0.6 is 11.6 Å². The summed E-state index contributed by atoms with van der Waals surface area (Å²) < 4.78 is 5.32. The van der Waals surface area contributed by atoms with Crippen LogP contribution in [-0.2, 0) is 0 Å². The summed E-state index contributed by atoms with van der Waals surface area (Å²) in [5, 5.41) is 15.4. The molecule has 1 heterocycles. The highest BCUT2D eigenvalue weighted by Gasteiger charge is 2.13. The van der Waals surface area contributed by atoms with E-state index in [9.17, 15) is 4.79 Å². The lowest BCUT2D eigenvalue weighted by atomic mass is 10.2. The highest BCUT2D eigenvalue weighted by molar-refractivity contribution is 6.31. The number of nitrogens with zero attached hydrogens (tertiary/aromatic N) is 3. The topological polar surface area (TPSA) is 99.9 Å². The SMILES string of the molecule is COc1cc(Cl)c(C)cc1Nc1nccc(C(=O)Nc2ccccc2C#N)n1. The second-order valence-electron chi connectivity index (χ2n) is 5.80. The highest BCUT2D eigenvalue weighted by atomic mass is 35.5. The van der Waals surface area contributed by atoms with Crippen LogP contribution in [0.15, 0.2) is 48.7 Å². The van der Waals surface area contributed by atoms with Crippen LogP contribution in [0.4, 0.5) is 17.3 Å². The van der Waals surface area contributed by atoms with E-state index in [1.54, 1.807) is 36.4 Å². The van der Waals surface area contributed by atoms with Crippen molar-refractivity contribution in [2.24, 2.45) is 0 Å². The molecule has 7 nitrogen and oxygen atoms in total. The van der Waals surface area contributed by atoms with Gasteiger partial charge in [-0.1, -0.05) is 23.7 Å². The van der Waals surface area contributed by atoms with Crippen molar-refractivity contribution in [3.05, 3.63) is 70.5 Å². The molecule has 0 spiro atoms. The number of aryl methyl sites for hydroxylation is 1. The summed E-state index contributed by atoms with van der Waals surface area (Å²) in [6.07, 6.45) is 1.47. The summed E-state index contributed by atoms with van der Waals surface area (Å²) >= 11 is 6.12. The first-order valence-electron chi connectivity index (χ1n) is 8.26. The third-order valence-electron chi connectivity index (χ3n) is 3.91. The minimum Gasteiger partial charge on any atom is -0.495 e. The van der Waals surface area contributed by atoms with Gasteiger partial charge in [0.25, 0.3) is 5.91 Å². The maximum Gasteiger partial charge on any atom is 0.274 e. The number of amides is 1. The lowest BCUT2D eigenvalue weighted by Crippen LogP contribution is -2.15. The van der Waals surface area contributed by atoms with Gasteiger partial charge in [-0.05, 0) is 36.8 Å². The van der Waals surface area contributed by atoms with E-state index in [2.05, 4.69) is 20.6 Å². The summed E-state index contributed by atoms with van der Waals surface area (Å²) in [4.78, 5) is 20.9. The van der Waals surface area contributed by atoms with Crippen LogP contribution in [0, 0.1) is 18.3 Å². The van der Waals surface area contributed by atoms with Crippen LogP contribution in [0.3, 0.4) is 0 Å². The third kappa shape index (κ3) is 4.19. The molecule has 28 heavy (non-hydrogen) atoms. The fraction of sp³-hybridized carbons (Fsp3) is 0.100. The monoisotopic (exact) mass is 393 g/mol. The third-order valence-corrected chi connectivity index (χ3v) is 4.32. The van der Waals surface area contributed by atoms with E-state index in [1.165, 1.54) is 19.4 Å². The number of carbonyl (C=O) groups excluding carboxylic acids is 1. The van der Waals surface area contributed by atoms with Crippen molar-refractivity contribution in [1.29, 1.82) is 5.26 Å². The zero-order valence-corrected chi connectivity index (χ0v) is 15.9. The van der Waals surface area contributed by atoms with Gasteiger partial charge in [0.2, 0.25) is 5.95 Å². The van der Waals surface area contributed by atoms with Gasteiger partial charge in [-0.3, -0.25) is 4.79 Å². The molecule has 3 aromatic rings. The summed E-state index contributed by atoms with van der Waals surface area (Å²) in [7, 11) is 1.53. The lowest BCUT2D eigenvalue weighted by Gasteiger charge is -2.12. The first-order valence-corrected chi connectivity index (χ1v) is 8.64. The maximum absolute atomic E-state index is 12.5. The fourth-order valence-corrected chi connectivity index (χ4v) is 2.63. The second kappa shape index (κ2) is 8.37. The van der Waals surface area contributed by atoms with Crippen LogP contribution in [0.1, 0.15) is 21.6 Å². The number of halogens is 1. The van der Waals surface area contributed by atoms with Gasteiger partial charge in [0.1, 0.15) is 17.5 Å². The summed E-state index contributed by atoms with van der Waals surface area (Å²) in [5.41, 5.74) is 2.40. The van der Waals surface area contributed by atoms with Crippen LogP contribution in [0.25, 0.3) is 0 Å². The molecule has 0 bridgehead atoms. The molecule has 0 fully saturated rings. The van der Waals surface area contributed by atoms with E-state index >= 15 is 0 Å². The van der Waals surface area contributed by atoms with E-state index in [-0.39, 0.29) is 11.6 Å². The first kappa shape index (κ1) is 19.1. The minimum atomic E-state index is -0.451. The van der Waals surface area contributed by atoms with Crippen LogP contribution in [-0.4, -0.2) is 23.0 Å². The Labute approximate surface area is 167 Å². The molecular weight excluding hydrogens is 378 g/mol. The van der Waals surface area contributed by atoms with E-state index in [4.69, 9.17) is 21.6 Å². The lowest BCUT2D eigenvalue weighted by molar-refractivity contribution is 0.102. The molecule has 2 N–H and O–H groups in total. The van der Waals surface area contributed by atoms with Crippen LogP contribution in [0.2, 0.25) is 5.02 Å². The Morgan fingerprint density at radius 1 is 1.21 bits per heavy atom. The van der Waals surface area contributed by atoms with E-state index in [0.717, 1.165) is 5.56 Å². The average Bonchev–Trinajstić information content (AvgIpc) is 2.71. The molecule has 140 valence electrons. The number of hydrogen-bond acceptors (Lipinski definition) is 6. The first-order chi connectivity index (χ1) is 13.5. The van der Waals surface area contributed by atoms with Crippen molar-refractivity contribution in [3.8, 4) is 11.8 Å². The molecule has 0 saturated heterocycles. The van der Waals surface area contributed by atoms with Crippen LogP contribution < -0.4 is 15.4 Å². The summed E-state index contributed by atoms with van der Waals surface area (Å²) in [6, 6.07) is 13.7. The minimum absolute atomic E-state index is 0.148. The second-order valence-corrected chi connectivity index (χ2v) is 6.21. The number of anilines is 3. The molecule has 1 amide bonds. The van der Waals surface area contributed by atoms with Gasteiger partial charge in [0.05, 0.1) is 24.0 Å². The Morgan fingerprint density at radius 2 is 2.00 bits per heavy atom. The molecule has 1 aromatic heterocycles. The van der Waals surface area contributed by atoms with Crippen molar-refractivity contribution in [2.45, 2.75) is 6.92 Å². The Bertz CT molecular complexity index is 1080. The number of carbonyl (C=O) groups is 1. The van der Waals surface area contributed by atoms with Gasteiger partial charge in [0.15, 0.2) is 0 Å². The van der Waals surface area contributed by atoms with Crippen molar-refractivity contribution in [2.75, 3.05) is 17.7 Å². The molecule has 0 atom stereocenters. The zero-order chi connectivity index (χ0) is 20.1. The molecule has 0 aliphatic heterocycles. The van der Waals surface area contributed by atoms with Gasteiger partial charge in [0, 0.05) is 17.3 Å². The summed E-state index contributed by atoms with van der Waals surface area (Å²) in [6.45, 7) is 1.87. The fourth-order valence-electron chi connectivity index (χ4n) is 2.47. The number of hydrogen-bond donors (Lipinski definition) is 2. The Hall–Kier alpha value is -3.63. The molecule has 8 heteroatoms. The Kier molecular flexibility index (Phi) is 5.72. The molecule has 2 aromatic carbocycles. The molecule has 0 aliphatic carbocycles. The van der Waals surface area contributed by atoms with Crippen molar-refractivity contribution in [3.63, 3.8) is 0 Å². The number of methoxy groups -OCH3 is 1. The maximum atomic E-state index is 12.5. The molecule has 0 unspecified atom stereocenters. The van der Waals surface area contributed by atoms with Gasteiger partial charge >= 0.3 is 0 Å². The van der Waals surface area contributed by atoms with Gasteiger partial charge in [-0.25, -0.2) is 9.97 Å². The van der Waals surface area contributed by atoms with Crippen molar-refractivity contribution < 1.29 is 9.53 Å². The molecule has 0 radical (unpaired) electrons. The molecule has 0 saturated carbocycles. The quantitative estimate of drug-likeness (QED) is 0.669. The van der Waals surface area contributed by atoms with E-state index < -0.39 is 5.91 Å². The number of nitriles is 1. The number of aromatic nitrogens is 2. The standard InChI is InChI=1S/C20H16ClN5O2/c1-12-9-17(18(28-2)10-14(12)21)26-20-23-8-7-16(25-20)19(27)24-15-6-4-3-5-13(15)11-22/h3-10H,1-2H3,(H,24,27)(H,23,25,26). The molecule has 0 aliphatic rings. The summed E-state index contributed by atoms with van der Waals surface area (Å²) in [5.74, 6) is 0.297. The van der Waals surface area contributed by atoms with Gasteiger partial charge < -0.3 is 15.4 Å².